The van der Waals surface area contributed by atoms with Gasteiger partial charge < -0.3 is 9.88 Å². The third kappa shape index (κ3) is 3.17. The lowest BCUT2D eigenvalue weighted by atomic mass is 9.90. The summed E-state index contributed by atoms with van der Waals surface area (Å²) in [4.78, 5) is 21.4. The van der Waals surface area contributed by atoms with E-state index in [4.69, 9.17) is 11.6 Å². The summed E-state index contributed by atoms with van der Waals surface area (Å²) in [5.74, 6) is 0.624. The molecule has 0 radical (unpaired) electrons. The molecule has 1 fully saturated rings. The lowest BCUT2D eigenvalue weighted by Gasteiger charge is -2.32. The van der Waals surface area contributed by atoms with E-state index in [9.17, 15) is 4.79 Å². The number of hydrogen-bond donors (Lipinski definition) is 1. The van der Waals surface area contributed by atoms with Crippen molar-refractivity contribution in [3.05, 3.63) is 52.6 Å². The smallest absolute Gasteiger partial charge is 0.274 e. The van der Waals surface area contributed by atoms with E-state index in [1.807, 2.05) is 30.0 Å². The molecule has 1 aromatic carbocycles. The number of nitrogens with one attached hydrogen (secondary N) is 1. The molecule has 1 N–H and O–H groups in total. The Labute approximate surface area is 135 Å². The molecule has 1 aliphatic rings. The fraction of sp³-hybridized carbons (Fsp3) is 0.412. The van der Waals surface area contributed by atoms with Crippen molar-refractivity contribution in [2.24, 2.45) is 5.92 Å². The van der Waals surface area contributed by atoms with Crippen LogP contribution in [0.5, 0.6) is 0 Å². The SMILES string of the molecule is Cc1[nH]cnc1C(=O)N1CCC(Cc2ccccc2Cl)CC1. The first-order valence-electron chi connectivity index (χ1n) is 7.68. The Kier molecular flexibility index (Phi) is 4.48. The predicted molar refractivity (Wildman–Crippen MR) is 87.1 cm³/mol. The lowest BCUT2D eigenvalue weighted by molar-refractivity contribution is 0.0684. The molecule has 1 saturated heterocycles. The summed E-state index contributed by atoms with van der Waals surface area (Å²) in [5.41, 5.74) is 2.59. The molecule has 2 aromatic rings. The standard InChI is InChI=1S/C17H20ClN3O/c1-12-16(20-11-19-12)17(22)21-8-6-13(7-9-21)10-14-4-2-3-5-15(14)18/h2-5,11,13H,6-10H2,1H3,(H,19,20). The van der Waals surface area contributed by atoms with Gasteiger partial charge in [0.15, 0.2) is 0 Å². The zero-order valence-corrected chi connectivity index (χ0v) is 13.4. The molecule has 0 spiro atoms. The molecule has 1 amide bonds. The highest BCUT2D eigenvalue weighted by atomic mass is 35.5. The van der Waals surface area contributed by atoms with Gasteiger partial charge in [-0.05, 0) is 43.7 Å². The van der Waals surface area contributed by atoms with E-state index in [2.05, 4.69) is 16.0 Å². The zero-order valence-electron chi connectivity index (χ0n) is 12.7. The predicted octanol–water partition coefficient (Wildman–Crippen LogP) is 3.47. The molecule has 0 atom stereocenters. The summed E-state index contributed by atoms with van der Waals surface area (Å²) in [6.45, 7) is 3.46. The van der Waals surface area contributed by atoms with E-state index in [1.54, 1.807) is 6.33 Å². The van der Waals surface area contributed by atoms with Gasteiger partial charge in [-0.2, -0.15) is 0 Å². The van der Waals surface area contributed by atoms with Gasteiger partial charge in [0, 0.05) is 23.8 Å². The van der Waals surface area contributed by atoms with Crippen LogP contribution in [0, 0.1) is 12.8 Å². The molecule has 3 rings (SSSR count). The Morgan fingerprint density at radius 1 is 1.36 bits per heavy atom. The third-order valence-corrected chi connectivity index (χ3v) is 4.77. The van der Waals surface area contributed by atoms with Crippen molar-refractivity contribution in [2.75, 3.05) is 13.1 Å². The van der Waals surface area contributed by atoms with E-state index in [1.165, 1.54) is 5.56 Å². The van der Waals surface area contributed by atoms with Crippen molar-refractivity contribution < 1.29 is 4.79 Å². The second kappa shape index (κ2) is 6.53. The number of hydrogen-bond acceptors (Lipinski definition) is 2. The van der Waals surface area contributed by atoms with Crippen LogP contribution in [0.2, 0.25) is 5.02 Å². The number of piperidine rings is 1. The minimum absolute atomic E-state index is 0.0370. The fourth-order valence-corrected chi connectivity index (χ4v) is 3.25. The van der Waals surface area contributed by atoms with Gasteiger partial charge in [0.2, 0.25) is 0 Å². The van der Waals surface area contributed by atoms with Crippen molar-refractivity contribution in [1.82, 2.24) is 14.9 Å². The number of benzene rings is 1. The van der Waals surface area contributed by atoms with Crippen molar-refractivity contribution in [2.45, 2.75) is 26.2 Å². The van der Waals surface area contributed by atoms with E-state index < -0.39 is 0 Å². The van der Waals surface area contributed by atoms with Crippen molar-refractivity contribution in [1.29, 1.82) is 0 Å². The third-order valence-electron chi connectivity index (χ3n) is 4.40. The normalized spacial score (nSPS) is 16.0. The molecule has 0 unspecified atom stereocenters. The van der Waals surface area contributed by atoms with Crippen LogP contribution in [0.4, 0.5) is 0 Å². The molecule has 22 heavy (non-hydrogen) atoms. The van der Waals surface area contributed by atoms with Crippen LogP contribution in [-0.2, 0) is 6.42 Å². The van der Waals surface area contributed by atoms with E-state index in [0.717, 1.165) is 43.1 Å². The largest absolute Gasteiger partial charge is 0.348 e. The highest BCUT2D eigenvalue weighted by Gasteiger charge is 2.26. The number of carbonyl (C=O) groups excluding carboxylic acids is 1. The van der Waals surface area contributed by atoms with E-state index in [0.29, 0.717) is 11.6 Å². The summed E-state index contributed by atoms with van der Waals surface area (Å²) in [7, 11) is 0. The molecule has 2 heterocycles. The second-order valence-corrected chi connectivity index (χ2v) is 6.31. The number of amides is 1. The van der Waals surface area contributed by atoms with Crippen molar-refractivity contribution >= 4 is 17.5 Å². The Bertz CT molecular complexity index is 659. The number of carbonyl (C=O) groups is 1. The molecule has 5 heteroatoms. The summed E-state index contributed by atoms with van der Waals surface area (Å²) in [5, 5.41) is 0.841. The van der Waals surface area contributed by atoms with Crippen LogP contribution in [0.25, 0.3) is 0 Å². The number of aromatic nitrogens is 2. The quantitative estimate of drug-likeness (QED) is 0.942. The number of likely N-dealkylation sites (tertiary alicyclic amines) is 1. The number of halogens is 1. The Morgan fingerprint density at radius 2 is 2.09 bits per heavy atom. The number of imidazole rings is 1. The van der Waals surface area contributed by atoms with Crippen LogP contribution in [0.1, 0.15) is 34.6 Å². The zero-order chi connectivity index (χ0) is 15.5. The monoisotopic (exact) mass is 317 g/mol. The maximum Gasteiger partial charge on any atom is 0.274 e. The number of nitrogens with zero attached hydrogens (tertiary/aromatic N) is 2. The van der Waals surface area contributed by atoms with Crippen LogP contribution >= 0.6 is 11.6 Å². The maximum atomic E-state index is 12.4. The molecule has 0 aliphatic carbocycles. The lowest BCUT2D eigenvalue weighted by Crippen LogP contribution is -2.39. The fourth-order valence-electron chi connectivity index (χ4n) is 3.04. The minimum Gasteiger partial charge on any atom is -0.348 e. The van der Waals surface area contributed by atoms with Gasteiger partial charge in [0.05, 0.1) is 6.33 Å². The molecular weight excluding hydrogens is 298 g/mol. The molecule has 1 aliphatic heterocycles. The average molecular weight is 318 g/mol. The second-order valence-electron chi connectivity index (χ2n) is 5.91. The van der Waals surface area contributed by atoms with Crippen LogP contribution in [0.3, 0.4) is 0 Å². The molecular formula is C17H20ClN3O. The Hall–Kier alpha value is -1.81. The summed E-state index contributed by atoms with van der Waals surface area (Å²) < 4.78 is 0. The van der Waals surface area contributed by atoms with E-state index in [-0.39, 0.29) is 5.91 Å². The summed E-state index contributed by atoms with van der Waals surface area (Å²) in [6.07, 6.45) is 4.59. The number of rotatable bonds is 3. The van der Waals surface area contributed by atoms with E-state index >= 15 is 0 Å². The van der Waals surface area contributed by atoms with Gasteiger partial charge in [-0.3, -0.25) is 4.79 Å². The number of H-pyrrole nitrogens is 1. The first-order valence-corrected chi connectivity index (χ1v) is 8.05. The van der Waals surface area contributed by atoms with Gasteiger partial charge in [0.25, 0.3) is 5.91 Å². The summed E-state index contributed by atoms with van der Waals surface area (Å²) >= 11 is 6.23. The summed E-state index contributed by atoms with van der Waals surface area (Å²) in [6, 6.07) is 8.02. The molecule has 0 saturated carbocycles. The van der Waals surface area contributed by atoms with Crippen LogP contribution in [-0.4, -0.2) is 33.9 Å². The number of aromatic amines is 1. The molecule has 116 valence electrons. The average Bonchev–Trinajstić information content (AvgIpc) is 2.96. The first-order chi connectivity index (χ1) is 10.6. The highest BCUT2D eigenvalue weighted by Crippen LogP contribution is 2.26. The molecule has 0 bridgehead atoms. The Balaban J connectivity index is 1.58. The molecule has 1 aromatic heterocycles. The van der Waals surface area contributed by atoms with Gasteiger partial charge in [0.1, 0.15) is 5.69 Å². The van der Waals surface area contributed by atoms with Crippen molar-refractivity contribution in [3.8, 4) is 0 Å². The minimum atomic E-state index is 0.0370. The Morgan fingerprint density at radius 3 is 2.73 bits per heavy atom. The number of aryl methyl sites for hydroxylation is 1. The van der Waals surface area contributed by atoms with Crippen LogP contribution < -0.4 is 0 Å². The van der Waals surface area contributed by atoms with Gasteiger partial charge in [-0.25, -0.2) is 4.98 Å². The van der Waals surface area contributed by atoms with Gasteiger partial charge in [-0.1, -0.05) is 29.8 Å². The van der Waals surface area contributed by atoms with Gasteiger partial charge >= 0.3 is 0 Å². The highest BCUT2D eigenvalue weighted by molar-refractivity contribution is 6.31. The topological polar surface area (TPSA) is 49.0 Å². The van der Waals surface area contributed by atoms with Crippen LogP contribution in [0.15, 0.2) is 30.6 Å². The van der Waals surface area contributed by atoms with Gasteiger partial charge in [-0.15, -0.1) is 0 Å². The van der Waals surface area contributed by atoms with Crippen molar-refractivity contribution in [3.63, 3.8) is 0 Å². The molecule has 4 nitrogen and oxygen atoms in total. The first kappa shape index (κ1) is 15.1. The maximum absolute atomic E-state index is 12.4.